The fraction of sp³-hybridized carbons (Fsp3) is 1.00. The summed E-state index contributed by atoms with van der Waals surface area (Å²) in [5.41, 5.74) is 0.525. The van der Waals surface area contributed by atoms with Gasteiger partial charge in [0.2, 0.25) is 0 Å². The quantitative estimate of drug-likeness (QED) is 0.571. The molecule has 0 heterocycles. The van der Waals surface area contributed by atoms with Gasteiger partial charge in [-0.05, 0) is 23.7 Å². The van der Waals surface area contributed by atoms with Crippen LogP contribution in [0.3, 0.4) is 0 Å². The van der Waals surface area contributed by atoms with E-state index in [1.54, 1.807) is 0 Å². The van der Waals surface area contributed by atoms with Crippen LogP contribution in [0, 0.1) is 17.3 Å². The van der Waals surface area contributed by atoms with Gasteiger partial charge in [-0.15, -0.1) is 11.6 Å². The van der Waals surface area contributed by atoms with E-state index in [1.165, 1.54) is 19.3 Å². The molecule has 3 atom stereocenters. The maximum absolute atomic E-state index is 5.98. The molecule has 11 heavy (non-hydrogen) atoms. The molecule has 1 fully saturated rings. The van der Waals surface area contributed by atoms with Gasteiger partial charge in [0, 0.05) is 5.88 Å². The number of alkyl halides is 1. The predicted molar refractivity (Wildman–Crippen MR) is 51.0 cm³/mol. The van der Waals surface area contributed by atoms with Gasteiger partial charge in [0.15, 0.2) is 0 Å². The van der Waals surface area contributed by atoms with Gasteiger partial charge >= 0.3 is 0 Å². The van der Waals surface area contributed by atoms with E-state index in [-0.39, 0.29) is 0 Å². The first-order valence-corrected chi connectivity index (χ1v) is 5.26. The predicted octanol–water partition coefficient (Wildman–Crippen LogP) is 3.69. The Labute approximate surface area is 75.3 Å². The summed E-state index contributed by atoms with van der Waals surface area (Å²) in [4.78, 5) is 0. The lowest BCUT2D eigenvalue weighted by molar-refractivity contribution is 0.320. The fourth-order valence-electron chi connectivity index (χ4n) is 2.24. The number of halogens is 1. The summed E-state index contributed by atoms with van der Waals surface area (Å²) in [6, 6.07) is 0. The first-order chi connectivity index (χ1) is 5.17. The van der Waals surface area contributed by atoms with Gasteiger partial charge in [0.1, 0.15) is 0 Å². The first kappa shape index (κ1) is 9.38. The molecule has 66 valence electrons. The highest BCUT2D eigenvalue weighted by Crippen LogP contribution is 2.59. The second kappa shape index (κ2) is 3.35. The Hall–Kier alpha value is 0.290. The van der Waals surface area contributed by atoms with Crippen molar-refractivity contribution >= 4 is 11.6 Å². The first-order valence-electron chi connectivity index (χ1n) is 4.73. The molecule has 0 saturated heterocycles. The van der Waals surface area contributed by atoms with E-state index in [4.69, 9.17) is 11.6 Å². The van der Waals surface area contributed by atoms with Crippen LogP contribution in [0.4, 0.5) is 0 Å². The van der Waals surface area contributed by atoms with Gasteiger partial charge in [0.05, 0.1) is 0 Å². The van der Waals surface area contributed by atoms with Crippen LogP contribution in [0.15, 0.2) is 0 Å². The third-order valence-electron chi connectivity index (χ3n) is 3.46. The zero-order valence-electron chi connectivity index (χ0n) is 7.86. The normalized spacial score (nSPS) is 38.7. The monoisotopic (exact) mass is 174 g/mol. The number of hydrogen-bond donors (Lipinski definition) is 0. The second-order valence-corrected chi connectivity index (χ2v) is 4.43. The van der Waals surface area contributed by atoms with Crippen molar-refractivity contribution in [1.82, 2.24) is 0 Å². The summed E-state index contributed by atoms with van der Waals surface area (Å²) in [6.07, 6.45) is 4.00. The average molecular weight is 175 g/mol. The summed E-state index contributed by atoms with van der Waals surface area (Å²) >= 11 is 5.98. The Balaban J connectivity index is 2.44. The molecule has 0 aliphatic heterocycles. The van der Waals surface area contributed by atoms with Crippen molar-refractivity contribution in [2.24, 2.45) is 17.3 Å². The standard InChI is InChI=1S/C10H19Cl/c1-4-5-8(2)10(7-11)6-9(10)3/h8-9H,4-7H2,1-3H3. The topological polar surface area (TPSA) is 0 Å². The summed E-state index contributed by atoms with van der Waals surface area (Å²) < 4.78 is 0. The minimum absolute atomic E-state index is 0.525. The Morgan fingerprint density at radius 1 is 1.64 bits per heavy atom. The van der Waals surface area contributed by atoms with E-state index >= 15 is 0 Å². The SMILES string of the molecule is CCCC(C)C1(CCl)CC1C. The fourth-order valence-corrected chi connectivity index (χ4v) is 2.87. The van der Waals surface area contributed by atoms with Crippen LogP contribution in [-0.2, 0) is 0 Å². The molecule has 1 aliphatic carbocycles. The lowest BCUT2D eigenvalue weighted by atomic mass is 9.87. The molecule has 0 aromatic heterocycles. The molecule has 0 spiro atoms. The van der Waals surface area contributed by atoms with Gasteiger partial charge in [-0.1, -0.05) is 33.6 Å². The van der Waals surface area contributed by atoms with Crippen LogP contribution in [-0.4, -0.2) is 5.88 Å². The second-order valence-electron chi connectivity index (χ2n) is 4.16. The molecule has 0 bridgehead atoms. The molecule has 0 amide bonds. The van der Waals surface area contributed by atoms with Crippen LogP contribution in [0.1, 0.15) is 40.0 Å². The molecule has 0 radical (unpaired) electrons. The van der Waals surface area contributed by atoms with Gasteiger partial charge in [-0.25, -0.2) is 0 Å². The highest BCUT2D eigenvalue weighted by Gasteiger charge is 2.53. The average Bonchev–Trinajstić information content (AvgIpc) is 2.63. The Morgan fingerprint density at radius 3 is 2.45 bits per heavy atom. The van der Waals surface area contributed by atoms with Crippen molar-refractivity contribution in [3.8, 4) is 0 Å². The molecule has 1 rings (SSSR count). The lowest BCUT2D eigenvalue weighted by Crippen LogP contribution is -2.16. The maximum atomic E-state index is 5.98. The van der Waals surface area contributed by atoms with Crippen molar-refractivity contribution in [3.05, 3.63) is 0 Å². The molecule has 1 heteroatoms. The zero-order chi connectivity index (χ0) is 8.48. The molecular weight excluding hydrogens is 156 g/mol. The molecular formula is C10H19Cl. The van der Waals surface area contributed by atoms with Gasteiger partial charge in [-0.3, -0.25) is 0 Å². The smallest absolute Gasteiger partial charge is 0.0285 e. The maximum Gasteiger partial charge on any atom is 0.0285 e. The van der Waals surface area contributed by atoms with E-state index in [0.29, 0.717) is 5.41 Å². The van der Waals surface area contributed by atoms with Crippen LogP contribution < -0.4 is 0 Å². The largest absolute Gasteiger partial charge is 0.126 e. The molecule has 0 nitrogen and oxygen atoms in total. The lowest BCUT2D eigenvalue weighted by Gasteiger charge is -2.21. The summed E-state index contributed by atoms with van der Waals surface area (Å²) in [6.45, 7) is 6.94. The molecule has 1 saturated carbocycles. The summed E-state index contributed by atoms with van der Waals surface area (Å²) in [7, 11) is 0. The minimum Gasteiger partial charge on any atom is -0.126 e. The van der Waals surface area contributed by atoms with Crippen molar-refractivity contribution < 1.29 is 0 Å². The van der Waals surface area contributed by atoms with E-state index in [1.807, 2.05) is 0 Å². The van der Waals surface area contributed by atoms with Crippen molar-refractivity contribution in [1.29, 1.82) is 0 Å². The van der Waals surface area contributed by atoms with Crippen LogP contribution in [0.25, 0.3) is 0 Å². The number of hydrogen-bond acceptors (Lipinski definition) is 0. The van der Waals surface area contributed by atoms with Crippen molar-refractivity contribution in [2.45, 2.75) is 40.0 Å². The number of rotatable bonds is 4. The van der Waals surface area contributed by atoms with Crippen molar-refractivity contribution in [3.63, 3.8) is 0 Å². The van der Waals surface area contributed by atoms with Crippen LogP contribution in [0.5, 0.6) is 0 Å². The van der Waals surface area contributed by atoms with Gasteiger partial charge < -0.3 is 0 Å². The Kier molecular flexibility index (Phi) is 2.85. The summed E-state index contributed by atoms with van der Waals surface area (Å²) in [5, 5.41) is 0. The van der Waals surface area contributed by atoms with Crippen LogP contribution in [0.2, 0.25) is 0 Å². The highest BCUT2D eigenvalue weighted by molar-refractivity contribution is 6.18. The van der Waals surface area contributed by atoms with Crippen molar-refractivity contribution in [2.75, 3.05) is 5.88 Å². The molecule has 0 N–H and O–H groups in total. The summed E-state index contributed by atoms with van der Waals surface area (Å²) in [5.74, 6) is 2.58. The third-order valence-corrected chi connectivity index (χ3v) is 3.96. The van der Waals surface area contributed by atoms with E-state index < -0.39 is 0 Å². The molecule has 3 unspecified atom stereocenters. The highest BCUT2D eigenvalue weighted by atomic mass is 35.5. The Bertz CT molecular complexity index is 129. The Morgan fingerprint density at radius 2 is 2.18 bits per heavy atom. The van der Waals surface area contributed by atoms with E-state index in [0.717, 1.165) is 17.7 Å². The third kappa shape index (κ3) is 1.56. The molecule has 1 aliphatic rings. The van der Waals surface area contributed by atoms with Crippen LogP contribution >= 0.6 is 11.6 Å². The van der Waals surface area contributed by atoms with Gasteiger partial charge in [0.25, 0.3) is 0 Å². The zero-order valence-corrected chi connectivity index (χ0v) is 8.62. The van der Waals surface area contributed by atoms with E-state index in [2.05, 4.69) is 20.8 Å². The van der Waals surface area contributed by atoms with Gasteiger partial charge in [-0.2, -0.15) is 0 Å². The molecule has 0 aromatic carbocycles. The van der Waals surface area contributed by atoms with E-state index in [9.17, 15) is 0 Å². The minimum atomic E-state index is 0.525. The molecule has 0 aromatic rings.